The Morgan fingerprint density at radius 3 is 3.15 bits per heavy atom. The minimum Gasteiger partial charge on any atom is -0.395 e. The maximum Gasteiger partial charge on any atom is 0.253 e. The first-order valence-corrected chi connectivity index (χ1v) is 5.97. The number of aliphatic hydroxyl groups excluding tert-OH is 1. The third-order valence-electron chi connectivity index (χ3n) is 2.41. The molecule has 2 aromatic rings. The van der Waals surface area contributed by atoms with Gasteiger partial charge in [0.25, 0.3) is 5.91 Å². The Morgan fingerprint density at radius 1 is 1.50 bits per heavy atom. The number of pyridine rings is 1. The summed E-state index contributed by atoms with van der Waals surface area (Å²) < 4.78 is 0. The Balaban J connectivity index is 2.07. The van der Waals surface area contributed by atoms with Gasteiger partial charge in [-0.1, -0.05) is 11.8 Å². The van der Waals surface area contributed by atoms with Gasteiger partial charge in [0.1, 0.15) is 12.2 Å². The number of carbonyl (C=O) groups is 1. The molecule has 2 aromatic heterocycles. The summed E-state index contributed by atoms with van der Waals surface area (Å²) in [7, 11) is 0. The molecule has 0 atom stereocenters. The van der Waals surface area contributed by atoms with Crippen molar-refractivity contribution in [1.82, 2.24) is 25.5 Å². The normalized spacial score (nSPS) is 9.65. The number of amides is 1. The maximum atomic E-state index is 12.1. The molecule has 0 aliphatic rings. The van der Waals surface area contributed by atoms with Crippen LogP contribution in [-0.2, 0) is 6.54 Å². The van der Waals surface area contributed by atoms with E-state index < -0.39 is 0 Å². The van der Waals surface area contributed by atoms with Gasteiger partial charge >= 0.3 is 0 Å². The average Bonchev–Trinajstić information content (AvgIpc) is 2.99. The van der Waals surface area contributed by atoms with Crippen LogP contribution in [-0.4, -0.2) is 37.8 Å². The van der Waals surface area contributed by atoms with E-state index in [2.05, 4.69) is 37.3 Å². The second-order valence-electron chi connectivity index (χ2n) is 3.81. The van der Waals surface area contributed by atoms with Crippen molar-refractivity contribution in [2.24, 2.45) is 0 Å². The van der Waals surface area contributed by atoms with E-state index in [9.17, 15) is 4.79 Å². The third-order valence-corrected chi connectivity index (χ3v) is 2.41. The van der Waals surface area contributed by atoms with Crippen LogP contribution in [0.15, 0.2) is 24.8 Å². The number of nitrogens with zero attached hydrogens (tertiary/aromatic N) is 3. The zero-order valence-electron chi connectivity index (χ0n) is 10.6. The SMILES string of the molecule is O=C(NCc1ncn[nH]1)c1ccncc1C#CCCO. The quantitative estimate of drug-likeness (QED) is 0.672. The highest BCUT2D eigenvalue weighted by Gasteiger charge is 2.10. The van der Waals surface area contributed by atoms with Gasteiger partial charge in [-0.05, 0) is 6.07 Å². The van der Waals surface area contributed by atoms with Gasteiger partial charge in [0.05, 0.1) is 24.3 Å². The van der Waals surface area contributed by atoms with E-state index >= 15 is 0 Å². The number of nitrogens with one attached hydrogen (secondary N) is 2. The fraction of sp³-hybridized carbons (Fsp3) is 0.231. The molecule has 0 aromatic carbocycles. The molecule has 2 heterocycles. The first kappa shape index (κ1) is 13.7. The van der Waals surface area contributed by atoms with Crippen molar-refractivity contribution in [1.29, 1.82) is 0 Å². The van der Waals surface area contributed by atoms with Crippen LogP contribution in [0.25, 0.3) is 0 Å². The number of hydrogen-bond donors (Lipinski definition) is 3. The van der Waals surface area contributed by atoms with Crippen LogP contribution < -0.4 is 5.32 Å². The van der Waals surface area contributed by atoms with Crippen molar-refractivity contribution in [3.63, 3.8) is 0 Å². The molecule has 20 heavy (non-hydrogen) atoms. The molecule has 2 rings (SSSR count). The van der Waals surface area contributed by atoms with Crippen molar-refractivity contribution in [2.75, 3.05) is 6.61 Å². The van der Waals surface area contributed by atoms with Gasteiger partial charge in [0, 0.05) is 18.8 Å². The highest BCUT2D eigenvalue weighted by molar-refractivity contribution is 5.96. The molecule has 0 radical (unpaired) electrons. The predicted molar refractivity (Wildman–Crippen MR) is 70.4 cm³/mol. The molecule has 0 saturated carbocycles. The lowest BCUT2D eigenvalue weighted by atomic mass is 10.1. The number of carbonyl (C=O) groups excluding carboxylic acids is 1. The zero-order valence-corrected chi connectivity index (χ0v) is 10.6. The molecule has 0 aliphatic heterocycles. The van der Waals surface area contributed by atoms with Gasteiger partial charge in [-0.3, -0.25) is 14.9 Å². The van der Waals surface area contributed by atoms with Crippen LogP contribution >= 0.6 is 0 Å². The molecule has 1 amide bonds. The van der Waals surface area contributed by atoms with Crippen molar-refractivity contribution in [3.8, 4) is 11.8 Å². The summed E-state index contributed by atoms with van der Waals surface area (Å²) in [5, 5.41) is 17.8. The summed E-state index contributed by atoms with van der Waals surface area (Å²) in [6, 6.07) is 1.60. The van der Waals surface area contributed by atoms with Crippen LogP contribution in [0.5, 0.6) is 0 Å². The average molecular weight is 271 g/mol. The second kappa shape index (κ2) is 7.01. The van der Waals surface area contributed by atoms with E-state index in [0.29, 0.717) is 23.4 Å². The van der Waals surface area contributed by atoms with Crippen molar-refractivity contribution < 1.29 is 9.90 Å². The largest absolute Gasteiger partial charge is 0.395 e. The Bertz CT molecular complexity index is 628. The Kier molecular flexibility index (Phi) is 4.81. The lowest BCUT2D eigenvalue weighted by Crippen LogP contribution is -2.24. The molecular formula is C13H13N5O2. The number of H-pyrrole nitrogens is 1. The minimum absolute atomic E-state index is 0.0136. The molecule has 0 fully saturated rings. The molecular weight excluding hydrogens is 258 g/mol. The molecule has 7 nitrogen and oxygen atoms in total. The van der Waals surface area contributed by atoms with Gasteiger partial charge in [-0.2, -0.15) is 5.10 Å². The summed E-state index contributed by atoms with van der Waals surface area (Å²) in [5.41, 5.74) is 0.959. The van der Waals surface area contributed by atoms with E-state index in [1.165, 1.54) is 18.7 Å². The number of aliphatic hydroxyl groups is 1. The van der Waals surface area contributed by atoms with Crippen molar-refractivity contribution in [2.45, 2.75) is 13.0 Å². The van der Waals surface area contributed by atoms with Crippen molar-refractivity contribution >= 4 is 5.91 Å². The fourth-order valence-corrected chi connectivity index (χ4v) is 1.48. The molecule has 3 N–H and O–H groups in total. The Labute approximate surface area is 115 Å². The lowest BCUT2D eigenvalue weighted by Gasteiger charge is -2.04. The van der Waals surface area contributed by atoms with E-state index in [1.54, 1.807) is 6.07 Å². The molecule has 0 saturated heterocycles. The number of rotatable bonds is 4. The summed E-state index contributed by atoms with van der Waals surface area (Å²) in [4.78, 5) is 19.9. The summed E-state index contributed by atoms with van der Waals surface area (Å²) >= 11 is 0. The summed E-state index contributed by atoms with van der Waals surface area (Å²) in [5.74, 6) is 5.89. The highest BCUT2D eigenvalue weighted by Crippen LogP contribution is 2.05. The first-order chi connectivity index (χ1) is 9.81. The zero-order chi connectivity index (χ0) is 14.2. The smallest absolute Gasteiger partial charge is 0.253 e. The van der Waals surface area contributed by atoms with Crippen LogP contribution in [0.2, 0.25) is 0 Å². The number of aromatic amines is 1. The predicted octanol–water partition coefficient (Wildman–Crippen LogP) is -0.136. The molecule has 0 aliphatic carbocycles. The van der Waals surface area contributed by atoms with Crippen LogP contribution in [0.4, 0.5) is 0 Å². The van der Waals surface area contributed by atoms with Gasteiger partial charge < -0.3 is 10.4 Å². The summed E-state index contributed by atoms with van der Waals surface area (Å²) in [6.45, 7) is 0.241. The molecule has 7 heteroatoms. The van der Waals surface area contributed by atoms with E-state index in [1.807, 2.05) is 0 Å². The van der Waals surface area contributed by atoms with E-state index in [4.69, 9.17) is 5.11 Å². The standard InChI is InChI=1S/C13H13N5O2/c19-6-2-1-3-10-7-14-5-4-11(10)13(20)15-8-12-16-9-17-18-12/h4-5,7,9,19H,2,6,8H2,(H,15,20)(H,16,17,18). The molecule has 0 bridgehead atoms. The monoisotopic (exact) mass is 271 g/mol. The first-order valence-electron chi connectivity index (χ1n) is 5.97. The van der Waals surface area contributed by atoms with Gasteiger partial charge in [0.2, 0.25) is 0 Å². The fourth-order valence-electron chi connectivity index (χ4n) is 1.48. The number of aromatic nitrogens is 4. The van der Waals surface area contributed by atoms with Crippen LogP contribution in [0.3, 0.4) is 0 Å². The van der Waals surface area contributed by atoms with Gasteiger partial charge in [-0.15, -0.1) is 0 Å². The van der Waals surface area contributed by atoms with E-state index in [0.717, 1.165) is 0 Å². The Hall–Kier alpha value is -2.72. The molecule has 0 unspecified atom stereocenters. The van der Waals surface area contributed by atoms with Crippen LogP contribution in [0, 0.1) is 11.8 Å². The van der Waals surface area contributed by atoms with E-state index in [-0.39, 0.29) is 19.1 Å². The number of hydrogen-bond acceptors (Lipinski definition) is 5. The lowest BCUT2D eigenvalue weighted by molar-refractivity contribution is 0.0949. The molecule has 102 valence electrons. The maximum absolute atomic E-state index is 12.1. The second-order valence-corrected chi connectivity index (χ2v) is 3.81. The van der Waals surface area contributed by atoms with Gasteiger partial charge in [-0.25, -0.2) is 4.98 Å². The van der Waals surface area contributed by atoms with Crippen LogP contribution in [0.1, 0.15) is 28.2 Å². The highest BCUT2D eigenvalue weighted by atomic mass is 16.2. The third kappa shape index (κ3) is 3.63. The summed E-state index contributed by atoms with van der Waals surface area (Å²) in [6.07, 6.45) is 4.78. The topological polar surface area (TPSA) is 104 Å². The minimum atomic E-state index is -0.267. The molecule has 0 spiro atoms. The van der Waals surface area contributed by atoms with Gasteiger partial charge in [0.15, 0.2) is 0 Å². The Morgan fingerprint density at radius 2 is 2.40 bits per heavy atom. The van der Waals surface area contributed by atoms with Crippen molar-refractivity contribution in [3.05, 3.63) is 41.7 Å².